The Balaban J connectivity index is 1.77. The quantitative estimate of drug-likeness (QED) is 0.591. The Bertz CT molecular complexity index is 893. The number of aromatic nitrogens is 3. The minimum absolute atomic E-state index is 0.265. The average Bonchev–Trinajstić information content (AvgIpc) is 3.08. The van der Waals surface area contributed by atoms with Crippen LogP contribution < -0.4 is 5.43 Å². The maximum atomic E-state index is 12.2. The molecule has 118 valence electrons. The van der Waals surface area contributed by atoms with Gasteiger partial charge in [-0.2, -0.15) is 5.10 Å². The van der Waals surface area contributed by atoms with Gasteiger partial charge in [-0.1, -0.05) is 0 Å². The number of hydrogen-bond donors (Lipinski definition) is 1. The normalized spacial score (nSPS) is 11.4. The average molecular weight is 327 g/mol. The summed E-state index contributed by atoms with van der Waals surface area (Å²) in [4.78, 5) is 20.9. The first-order valence-electron chi connectivity index (χ1n) is 7.31. The fourth-order valence-electron chi connectivity index (χ4n) is 2.45. The molecule has 0 aliphatic carbocycles. The predicted octanol–water partition coefficient (Wildman–Crippen LogP) is 2.89. The lowest BCUT2D eigenvalue weighted by atomic mass is 10.2. The highest BCUT2D eigenvalue weighted by molar-refractivity contribution is 7.09. The third-order valence-electron chi connectivity index (χ3n) is 3.52. The molecule has 0 unspecified atom stereocenters. The number of benzene rings is 1. The zero-order chi connectivity index (χ0) is 16.4. The molecule has 2 aromatic heterocycles. The van der Waals surface area contributed by atoms with E-state index in [0.717, 1.165) is 34.1 Å². The molecule has 0 saturated heterocycles. The van der Waals surface area contributed by atoms with Crippen molar-refractivity contribution in [2.24, 2.45) is 5.10 Å². The van der Waals surface area contributed by atoms with E-state index in [0.29, 0.717) is 5.56 Å². The highest BCUT2D eigenvalue weighted by Crippen LogP contribution is 2.17. The number of amides is 1. The molecule has 1 amide bonds. The fraction of sp³-hybridized carbons (Fsp3) is 0.250. The highest BCUT2D eigenvalue weighted by atomic mass is 32.1. The van der Waals surface area contributed by atoms with Gasteiger partial charge in [0.15, 0.2) is 0 Å². The molecule has 7 heteroatoms. The van der Waals surface area contributed by atoms with Crippen molar-refractivity contribution in [2.75, 3.05) is 0 Å². The second-order valence-corrected chi connectivity index (χ2v) is 6.16. The number of carbonyl (C=O) groups excluding carboxylic acids is 1. The first-order chi connectivity index (χ1) is 11.1. The molecule has 0 bridgehead atoms. The largest absolute Gasteiger partial charge is 0.329 e. The molecule has 2 heterocycles. The van der Waals surface area contributed by atoms with Crippen molar-refractivity contribution < 1.29 is 4.79 Å². The number of fused-ring (bicyclic) bond motifs is 1. The Hall–Kier alpha value is -2.54. The summed E-state index contributed by atoms with van der Waals surface area (Å²) in [6.45, 7) is 6.81. The van der Waals surface area contributed by atoms with Gasteiger partial charge in [0.1, 0.15) is 5.82 Å². The molecule has 3 rings (SSSR count). The fourth-order valence-corrected chi connectivity index (χ4v) is 3.01. The molecule has 0 aliphatic rings. The summed E-state index contributed by atoms with van der Waals surface area (Å²) in [5.74, 6) is 0.677. The number of thiazole rings is 1. The van der Waals surface area contributed by atoms with Crippen LogP contribution in [0.15, 0.2) is 28.7 Å². The second kappa shape index (κ2) is 6.29. The zero-order valence-corrected chi connectivity index (χ0v) is 14.0. The Morgan fingerprint density at radius 2 is 2.22 bits per heavy atom. The maximum absolute atomic E-state index is 12.2. The summed E-state index contributed by atoms with van der Waals surface area (Å²) in [6.07, 6.45) is 1.54. The van der Waals surface area contributed by atoms with Gasteiger partial charge in [0.25, 0.3) is 5.91 Å². The van der Waals surface area contributed by atoms with Crippen LogP contribution in [0.25, 0.3) is 11.0 Å². The number of aryl methyl sites for hydroxylation is 3. The van der Waals surface area contributed by atoms with E-state index in [-0.39, 0.29) is 5.91 Å². The Morgan fingerprint density at radius 1 is 1.39 bits per heavy atom. The van der Waals surface area contributed by atoms with Crippen molar-refractivity contribution in [3.63, 3.8) is 0 Å². The van der Waals surface area contributed by atoms with Crippen molar-refractivity contribution >= 4 is 34.5 Å². The minimum Gasteiger partial charge on any atom is -0.329 e. The predicted molar refractivity (Wildman–Crippen MR) is 92.1 cm³/mol. The monoisotopic (exact) mass is 327 g/mol. The summed E-state index contributed by atoms with van der Waals surface area (Å²) in [5, 5.41) is 6.79. The van der Waals surface area contributed by atoms with E-state index in [1.165, 1.54) is 6.21 Å². The van der Waals surface area contributed by atoms with E-state index in [2.05, 4.69) is 32.0 Å². The van der Waals surface area contributed by atoms with Gasteiger partial charge in [-0.05, 0) is 39.0 Å². The van der Waals surface area contributed by atoms with E-state index < -0.39 is 0 Å². The molecule has 0 fully saturated rings. The van der Waals surface area contributed by atoms with Crippen molar-refractivity contribution in [3.05, 3.63) is 45.7 Å². The Labute approximate surface area is 137 Å². The van der Waals surface area contributed by atoms with E-state index >= 15 is 0 Å². The maximum Gasteiger partial charge on any atom is 0.271 e. The first kappa shape index (κ1) is 15.4. The Kier molecular flexibility index (Phi) is 4.20. The highest BCUT2D eigenvalue weighted by Gasteiger charge is 2.10. The van der Waals surface area contributed by atoms with Crippen molar-refractivity contribution in [2.45, 2.75) is 27.3 Å². The molecule has 1 N–H and O–H groups in total. The van der Waals surface area contributed by atoms with Gasteiger partial charge in [-0.25, -0.2) is 15.4 Å². The molecule has 3 aromatic rings. The molecule has 6 nitrogen and oxygen atoms in total. The van der Waals surface area contributed by atoms with Crippen LogP contribution in [-0.4, -0.2) is 26.7 Å². The molecule has 0 atom stereocenters. The van der Waals surface area contributed by atoms with E-state index in [1.807, 2.05) is 25.3 Å². The second-order valence-electron chi connectivity index (χ2n) is 5.10. The van der Waals surface area contributed by atoms with Crippen LogP contribution in [-0.2, 0) is 6.54 Å². The van der Waals surface area contributed by atoms with Crippen LogP contribution in [0.1, 0.15) is 33.8 Å². The summed E-state index contributed by atoms with van der Waals surface area (Å²) >= 11 is 1.54. The van der Waals surface area contributed by atoms with E-state index in [4.69, 9.17) is 0 Å². The van der Waals surface area contributed by atoms with Crippen LogP contribution in [0.3, 0.4) is 0 Å². The third-order valence-corrected chi connectivity index (χ3v) is 4.31. The van der Waals surface area contributed by atoms with E-state index in [1.54, 1.807) is 23.5 Å². The number of hydrogen-bond acceptors (Lipinski definition) is 5. The van der Waals surface area contributed by atoms with Crippen molar-refractivity contribution in [1.29, 1.82) is 0 Å². The van der Waals surface area contributed by atoms with Gasteiger partial charge >= 0.3 is 0 Å². The number of nitrogens with zero attached hydrogens (tertiary/aromatic N) is 4. The zero-order valence-electron chi connectivity index (χ0n) is 13.2. The van der Waals surface area contributed by atoms with Gasteiger partial charge in [-0.3, -0.25) is 4.79 Å². The molecule has 0 radical (unpaired) electrons. The summed E-state index contributed by atoms with van der Waals surface area (Å²) in [5.41, 5.74) is 5.63. The molecule has 1 aromatic carbocycles. The smallest absolute Gasteiger partial charge is 0.271 e. The number of carbonyl (C=O) groups is 1. The molecular formula is C16H17N5OS. The van der Waals surface area contributed by atoms with Crippen LogP contribution in [0.2, 0.25) is 0 Å². The Morgan fingerprint density at radius 3 is 2.91 bits per heavy atom. The molecule has 0 saturated carbocycles. The number of hydrazone groups is 1. The lowest BCUT2D eigenvalue weighted by Gasteiger charge is -2.02. The van der Waals surface area contributed by atoms with Crippen LogP contribution in [0.4, 0.5) is 0 Å². The lowest BCUT2D eigenvalue weighted by molar-refractivity contribution is 0.0955. The van der Waals surface area contributed by atoms with Crippen LogP contribution >= 0.6 is 11.3 Å². The van der Waals surface area contributed by atoms with Gasteiger partial charge in [0.2, 0.25) is 0 Å². The minimum atomic E-state index is -0.265. The molecule has 0 aliphatic heterocycles. The number of rotatable bonds is 4. The van der Waals surface area contributed by atoms with Gasteiger partial charge in [0, 0.05) is 17.5 Å². The van der Waals surface area contributed by atoms with Gasteiger partial charge in [0.05, 0.1) is 27.9 Å². The van der Waals surface area contributed by atoms with E-state index in [9.17, 15) is 4.79 Å². The van der Waals surface area contributed by atoms with Gasteiger partial charge in [-0.15, -0.1) is 11.3 Å². The molecular weight excluding hydrogens is 310 g/mol. The van der Waals surface area contributed by atoms with Crippen molar-refractivity contribution in [1.82, 2.24) is 20.0 Å². The van der Waals surface area contributed by atoms with Crippen LogP contribution in [0, 0.1) is 13.8 Å². The molecule has 23 heavy (non-hydrogen) atoms. The number of nitrogens with one attached hydrogen (secondary N) is 1. The van der Waals surface area contributed by atoms with Crippen molar-refractivity contribution in [3.8, 4) is 0 Å². The standard InChI is InChI=1S/C16H17N5OS/c1-4-21-10(2)18-14-7-12(5-6-15(14)21)16(22)20-17-8-13-9-23-11(3)19-13/h5-9H,4H2,1-3H3,(H,20,22)/b17-8-. The van der Waals surface area contributed by atoms with Crippen LogP contribution in [0.5, 0.6) is 0 Å². The van der Waals surface area contributed by atoms with Gasteiger partial charge < -0.3 is 4.57 Å². The summed E-state index contributed by atoms with van der Waals surface area (Å²) in [7, 11) is 0. The first-order valence-corrected chi connectivity index (χ1v) is 8.19. The summed E-state index contributed by atoms with van der Waals surface area (Å²) < 4.78 is 2.11. The SMILES string of the molecule is CCn1c(C)nc2cc(C(=O)N/N=C\c3csc(C)n3)ccc21. The topological polar surface area (TPSA) is 72.2 Å². The summed E-state index contributed by atoms with van der Waals surface area (Å²) in [6, 6.07) is 5.49. The third kappa shape index (κ3) is 3.14. The number of imidazole rings is 1. The lowest BCUT2D eigenvalue weighted by Crippen LogP contribution is -2.17. The molecule has 0 spiro atoms.